The highest BCUT2D eigenvalue weighted by molar-refractivity contribution is 7.99. The van der Waals surface area contributed by atoms with Crippen LogP contribution in [-0.2, 0) is 23.9 Å². The number of hydrogen-bond donors (Lipinski definition) is 2. The number of amides is 1. The Labute approximate surface area is 211 Å². The van der Waals surface area contributed by atoms with Crippen LogP contribution < -0.4 is 9.64 Å². The molecule has 0 saturated heterocycles. The molecular formula is C23H25ClN2O8S. The van der Waals surface area contributed by atoms with Gasteiger partial charge < -0.3 is 29.5 Å². The molecule has 10 nitrogen and oxygen atoms in total. The van der Waals surface area contributed by atoms with Crippen molar-refractivity contribution in [2.24, 2.45) is 0 Å². The fraction of sp³-hybridized carbons (Fsp3) is 0.304. The summed E-state index contributed by atoms with van der Waals surface area (Å²) in [5.41, 5.74) is 1.62. The molecule has 2 atom stereocenters. The van der Waals surface area contributed by atoms with E-state index in [0.29, 0.717) is 30.3 Å². The topological polar surface area (TPSA) is 134 Å². The van der Waals surface area contributed by atoms with Gasteiger partial charge in [-0.3, -0.25) is 9.59 Å². The molecule has 0 fully saturated rings. The fourth-order valence-corrected chi connectivity index (χ4v) is 4.76. The second-order valence-corrected chi connectivity index (χ2v) is 9.10. The zero-order chi connectivity index (χ0) is 26.1. The molecule has 2 N–H and O–H groups in total. The van der Waals surface area contributed by atoms with E-state index in [1.807, 2.05) is 55.4 Å². The number of halogens is 1. The van der Waals surface area contributed by atoms with Crippen molar-refractivity contribution >= 4 is 53.4 Å². The first-order valence-corrected chi connectivity index (χ1v) is 11.5. The third-order valence-corrected chi connectivity index (χ3v) is 6.44. The van der Waals surface area contributed by atoms with Crippen LogP contribution in [0.25, 0.3) is 0 Å². The molecule has 2 aromatic rings. The number of fused-ring (bicyclic) bond motifs is 1. The zero-order valence-electron chi connectivity index (χ0n) is 19.2. The van der Waals surface area contributed by atoms with Gasteiger partial charge in [0.05, 0.1) is 18.0 Å². The van der Waals surface area contributed by atoms with Crippen LogP contribution in [0.1, 0.15) is 10.8 Å². The Kier molecular flexibility index (Phi) is 10.4. The molecule has 1 aliphatic heterocycles. The SMILES string of the molecule is COc1ccc([C@H]2Sc3cc(Cl)ccc3N(CCN(C)C)C(=O)[C@H]2OC=O)cc1.O=C(O)C(=O)O. The van der Waals surface area contributed by atoms with Gasteiger partial charge in [0.25, 0.3) is 12.4 Å². The molecule has 35 heavy (non-hydrogen) atoms. The van der Waals surface area contributed by atoms with Gasteiger partial charge in [0.1, 0.15) is 5.75 Å². The summed E-state index contributed by atoms with van der Waals surface area (Å²) in [7, 11) is 5.48. The number of aliphatic carboxylic acids is 2. The van der Waals surface area contributed by atoms with Gasteiger partial charge in [-0.25, -0.2) is 9.59 Å². The van der Waals surface area contributed by atoms with E-state index in [0.717, 1.165) is 16.1 Å². The number of benzene rings is 2. The third-order valence-electron chi connectivity index (χ3n) is 4.85. The summed E-state index contributed by atoms with van der Waals surface area (Å²) >= 11 is 7.71. The van der Waals surface area contributed by atoms with Gasteiger partial charge in [0.2, 0.25) is 0 Å². The summed E-state index contributed by atoms with van der Waals surface area (Å²) in [5, 5.41) is 14.9. The number of carboxylic acid groups (broad SMARTS) is 2. The van der Waals surface area contributed by atoms with Crippen molar-refractivity contribution in [2.45, 2.75) is 16.2 Å². The Morgan fingerprint density at radius 1 is 1.14 bits per heavy atom. The molecule has 0 spiro atoms. The lowest BCUT2D eigenvalue weighted by molar-refractivity contribution is -0.159. The molecule has 1 aliphatic rings. The van der Waals surface area contributed by atoms with Crippen LogP contribution in [0.15, 0.2) is 47.4 Å². The Balaban J connectivity index is 0.000000641. The van der Waals surface area contributed by atoms with Gasteiger partial charge in [-0.05, 0) is 50.0 Å². The van der Waals surface area contributed by atoms with Crippen molar-refractivity contribution in [3.8, 4) is 5.75 Å². The molecule has 0 saturated carbocycles. The number of rotatable bonds is 7. The molecule has 3 rings (SSSR count). The van der Waals surface area contributed by atoms with Gasteiger partial charge >= 0.3 is 11.9 Å². The monoisotopic (exact) mass is 524 g/mol. The summed E-state index contributed by atoms with van der Waals surface area (Å²) in [4.78, 5) is 47.4. The lowest BCUT2D eigenvalue weighted by Crippen LogP contribution is -2.44. The number of carbonyl (C=O) groups is 4. The summed E-state index contributed by atoms with van der Waals surface area (Å²) in [6, 6.07) is 12.9. The van der Waals surface area contributed by atoms with E-state index >= 15 is 0 Å². The molecule has 2 aromatic carbocycles. The Bertz CT molecular complexity index is 1050. The van der Waals surface area contributed by atoms with Crippen molar-refractivity contribution in [1.29, 1.82) is 0 Å². The minimum atomic E-state index is -1.82. The highest BCUT2D eigenvalue weighted by Crippen LogP contribution is 2.47. The largest absolute Gasteiger partial charge is 0.497 e. The molecule has 188 valence electrons. The second kappa shape index (κ2) is 13.0. The molecule has 0 radical (unpaired) electrons. The van der Waals surface area contributed by atoms with Gasteiger partial charge in [0.15, 0.2) is 6.10 Å². The quantitative estimate of drug-likeness (QED) is 0.411. The highest BCUT2D eigenvalue weighted by atomic mass is 35.5. The number of hydrogen-bond acceptors (Lipinski definition) is 8. The van der Waals surface area contributed by atoms with Crippen LogP contribution in [0.2, 0.25) is 5.02 Å². The van der Waals surface area contributed by atoms with Crippen LogP contribution in [0.4, 0.5) is 5.69 Å². The summed E-state index contributed by atoms with van der Waals surface area (Å²) in [5.74, 6) is -3.19. The van der Waals surface area contributed by atoms with Crippen LogP contribution in [0.5, 0.6) is 5.75 Å². The predicted octanol–water partition coefficient (Wildman–Crippen LogP) is 2.79. The minimum Gasteiger partial charge on any atom is -0.497 e. The number of carbonyl (C=O) groups excluding carboxylic acids is 2. The van der Waals surface area contributed by atoms with Gasteiger partial charge in [-0.2, -0.15) is 0 Å². The molecule has 0 bridgehead atoms. The first kappa shape index (κ1) is 28.0. The van der Waals surface area contributed by atoms with Crippen molar-refractivity contribution in [2.75, 3.05) is 39.2 Å². The maximum absolute atomic E-state index is 13.5. The van der Waals surface area contributed by atoms with Crippen molar-refractivity contribution in [3.05, 3.63) is 53.1 Å². The summed E-state index contributed by atoms with van der Waals surface area (Å²) in [6.45, 7) is 1.47. The minimum absolute atomic E-state index is 0.256. The van der Waals surface area contributed by atoms with Crippen LogP contribution >= 0.6 is 23.4 Å². The number of carboxylic acids is 2. The van der Waals surface area contributed by atoms with E-state index in [1.54, 1.807) is 18.1 Å². The van der Waals surface area contributed by atoms with Gasteiger partial charge in [-0.15, -0.1) is 11.8 Å². The molecule has 1 amide bonds. The standard InChI is InChI=1S/C21H23ClN2O4S.C2H2O4/c1-23(2)10-11-24-17-9-6-15(22)12-18(17)29-20(19(21(24)26)28-13-25)14-4-7-16(27-3)8-5-14;3-1(4)2(5)6/h4-9,12-13,19-20H,10-11H2,1-3H3;(H,3,4)(H,5,6)/t19-,20+;/m0./s1. The molecule has 1 heterocycles. The Morgan fingerprint density at radius 3 is 2.29 bits per heavy atom. The lowest BCUT2D eigenvalue weighted by Gasteiger charge is -2.27. The normalized spacial score (nSPS) is 16.9. The number of ether oxygens (including phenoxy) is 2. The Hall–Kier alpha value is -3.28. The molecular weight excluding hydrogens is 500 g/mol. The zero-order valence-corrected chi connectivity index (χ0v) is 20.8. The molecule has 0 aliphatic carbocycles. The van der Waals surface area contributed by atoms with Gasteiger partial charge in [0, 0.05) is 23.0 Å². The number of likely N-dealkylation sites (N-methyl/N-ethyl adjacent to an activating group) is 1. The number of methoxy groups -OCH3 is 1. The first-order chi connectivity index (χ1) is 16.6. The number of thioether (sulfide) groups is 1. The average molecular weight is 525 g/mol. The van der Waals surface area contributed by atoms with Gasteiger partial charge in [-0.1, -0.05) is 23.7 Å². The van der Waals surface area contributed by atoms with Crippen molar-refractivity contribution in [3.63, 3.8) is 0 Å². The summed E-state index contributed by atoms with van der Waals surface area (Å²) in [6.07, 6.45) is -0.959. The van der Waals surface area contributed by atoms with E-state index in [4.69, 9.17) is 40.9 Å². The average Bonchev–Trinajstić information content (AvgIpc) is 2.92. The van der Waals surface area contributed by atoms with E-state index in [-0.39, 0.29) is 5.91 Å². The maximum atomic E-state index is 13.5. The predicted molar refractivity (Wildman–Crippen MR) is 130 cm³/mol. The maximum Gasteiger partial charge on any atom is 0.414 e. The lowest BCUT2D eigenvalue weighted by atomic mass is 10.1. The van der Waals surface area contributed by atoms with Crippen molar-refractivity contribution < 1.29 is 38.9 Å². The van der Waals surface area contributed by atoms with E-state index in [9.17, 15) is 9.59 Å². The summed E-state index contributed by atoms with van der Waals surface area (Å²) < 4.78 is 10.6. The second-order valence-electron chi connectivity index (χ2n) is 7.48. The molecule has 12 heteroatoms. The van der Waals surface area contributed by atoms with E-state index in [2.05, 4.69) is 0 Å². The number of nitrogens with zero attached hydrogens (tertiary/aromatic N) is 2. The molecule has 0 unspecified atom stereocenters. The van der Waals surface area contributed by atoms with Crippen LogP contribution in [0.3, 0.4) is 0 Å². The smallest absolute Gasteiger partial charge is 0.414 e. The van der Waals surface area contributed by atoms with Crippen molar-refractivity contribution in [1.82, 2.24) is 4.90 Å². The first-order valence-electron chi connectivity index (χ1n) is 10.2. The van der Waals surface area contributed by atoms with E-state index < -0.39 is 23.3 Å². The third kappa shape index (κ3) is 7.61. The number of anilines is 1. The van der Waals surface area contributed by atoms with Crippen LogP contribution in [0, 0.1) is 0 Å². The fourth-order valence-electron chi connectivity index (χ4n) is 3.16. The van der Waals surface area contributed by atoms with Crippen LogP contribution in [-0.4, -0.2) is 79.8 Å². The molecule has 0 aromatic heterocycles. The van der Waals surface area contributed by atoms with E-state index in [1.165, 1.54) is 11.8 Å². The highest BCUT2D eigenvalue weighted by Gasteiger charge is 2.40. The Morgan fingerprint density at radius 2 is 1.77 bits per heavy atom.